The number of Topliss-reactive ketones (excluding diaryl/α,β-unsaturated/α-hetero) is 1. The average Bonchev–Trinajstić information content (AvgIpc) is 3.14. The van der Waals surface area contributed by atoms with Crippen LogP contribution in [0.5, 0.6) is 5.75 Å². The number of thioether (sulfide) groups is 1. The van der Waals surface area contributed by atoms with Crippen molar-refractivity contribution in [2.75, 3.05) is 12.4 Å². The molecule has 1 heterocycles. The second-order valence-corrected chi connectivity index (χ2v) is 6.66. The molecule has 0 bridgehead atoms. The number of hydrogen-bond acceptors (Lipinski definition) is 6. The summed E-state index contributed by atoms with van der Waals surface area (Å²) in [4.78, 5) is 11.3. The van der Waals surface area contributed by atoms with Crippen molar-refractivity contribution >= 4 is 17.5 Å². The van der Waals surface area contributed by atoms with Gasteiger partial charge in [-0.3, -0.25) is 9.36 Å². The summed E-state index contributed by atoms with van der Waals surface area (Å²) in [5, 5.41) is 18.9. The van der Waals surface area contributed by atoms with Gasteiger partial charge in [-0.1, -0.05) is 30.0 Å². The van der Waals surface area contributed by atoms with Gasteiger partial charge >= 0.3 is 0 Å². The molecule has 6 nitrogen and oxygen atoms in total. The van der Waals surface area contributed by atoms with E-state index in [1.54, 1.807) is 30.6 Å². The Bertz CT molecular complexity index is 850. The molecule has 0 fully saturated rings. The van der Waals surface area contributed by atoms with Gasteiger partial charge in [-0.2, -0.15) is 0 Å². The second kappa shape index (κ2) is 8.64. The van der Waals surface area contributed by atoms with E-state index in [0.29, 0.717) is 22.2 Å². The molecular formula is C19H19N3O3S. The first-order valence-corrected chi connectivity index (χ1v) is 9.12. The SMILES string of the molecule is CC(=O)c1ccc(OC[C@H](O)CSc2nncn2-c2ccccc2)cc1. The van der Waals surface area contributed by atoms with Crippen LogP contribution in [0.3, 0.4) is 0 Å². The van der Waals surface area contributed by atoms with Gasteiger partial charge in [-0.15, -0.1) is 10.2 Å². The first-order valence-electron chi connectivity index (χ1n) is 8.13. The average molecular weight is 369 g/mol. The zero-order chi connectivity index (χ0) is 18.4. The molecule has 26 heavy (non-hydrogen) atoms. The molecule has 0 saturated heterocycles. The number of nitrogens with zero attached hydrogens (tertiary/aromatic N) is 3. The summed E-state index contributed by atoms with van der Waals surface area (Å²) in [5.41, 5.74) is 1.60. The fourth-order valence-corrected chi connectivity index (χ4v) is 3.12. The topological polar surface area (TPSA) is 77.2 Å². The molecule has 0 radical (unpaired) electrons. The molecule has 0 unspecified atom stereocenters. The highest BCUT2D eigenvalue weighted by Crippen LogP contribution is 2.20. The van der Waals surface area contributed by atoms with Crippen LogP contribution in [0.4, 0.5) is 0 Å². The number of carbonyl (C=O) groups excluding carboxylic acids is 1. The van der Waals surface area contributed by atoms with Gasteiger partial charge in [-0.05, 0) is 43.3 Å². The maximum atomic E-state index is 11.3. The van der Waals surface area contributed by atoms with Crippen LogP contribution in [0.2, 0.25) is 0 Å². The van der Waals surface area contributed by atoms with Crippen molar-refractivity contribution < 1.29 is 14.6 Å². The normalized spacial score (nSPS) is 11.9. The van der Waals surface area contributed by atoms with Crippen molar-refractivity contribution in [3.05, 3.63) is 66.5 Å². The Kier molecular flexibility index (Phi) is 6.04. The summed E-state index contributed by atoms with van der Waals surface area (Å²) < 4.78 is 7.44. The lowest BCUT2D eigenvalue weighted by Crippen LogP contribution is -2.20. The highest BCUT2D eigenvalue weighted by atomic mass is 32.2. The molecule has 3 rings (SSSR count). The Hall–Kier alpha value is -2.64. The standard InChI is InChI=1S/C19H19N3O3S/c1-14(23)15-7-9-18(10-8-15)25-11-17(24)12-26-19-21-20-13-22(19)16-5-3-2-4-6-16/h2-10,13,17,24H,11-12H2,1H3/t17-/m0/s1. The molecule has 0 spiro atoms. The molecule has 0 amide bonds. The largest absolute Gasteiger partial charge is 0.491 e. The van der Waals surface area contributed by atoms with E-state index in [9.17, 15) is 9.90 Å². The number of hydrogen-bond donors (Lipinski definition) is 1. The van der Waals surface area contributed by atoms with E-state index in [2.05, 4.69) is 10.2 Å². The van der Waals surface area contributed by atoms with E-state index < -0.39 is 6.10 Å². The van der Waals surface area contributed by atoms with Crippen LogP contribution in [0.1, 0.15) is 17.3 Å². The molecule has 3 aromatic rings. The summed E-state index contributed by atoms with van der Waals surface area (Å²) >= 11 is 1.41. The zero-order valence-electron chi connectivity index (χ0n) is 14.3. The van der Waals surface area contributed by atoms with E-state index in [4.69, 9.17) is 4.74 Å². The summed E-state index contributed by atoms with van der Waals surface area (Å²) in [6.45, 7) is 1.68. The van der Waals surface area contributed by atoms with Gasteiger partial charge in [0, 0.05) is 17.0 Å². The fraction of sp³-hybridized carbons (Fsp3) is 0.211. The van der Waals surface area contributed by atoms with Crippen molar-refractivity contribution in [2.24, 2.45) is 0 Å². The minimum atomic E-state index is -0.659. The molecule has 1 N–H and O–H groups in total. The molecule has 0 aliphatic rings. The van der Waals surface area contributed by atoms with Crippen LogP contribution < -0.4 is 4.74 Å². The Balaban J connectivity index is 1.51. The predicted molar refractivity (Wildman–Crippen MR) is 100 cm³/mol. The van der Waals surface area contributed by atoms with E-state index in [1.807, 2.05) is 34.9 Å². The van der Waals surface area contributed by atoms with Crippen molar-refractivity contribution in [3.8, 4) is 11.4 Å². The first kappa shape index (κ1) is 18.2. The van der Waals surface area contributed by atoms with E-state index >= 15 is 0 Å². The molecule has 0 saturated carbocycles. The summed E-state index contributed by atoms with van der Waals surface area (Å²) in [5.74, 6) is 1.05. The van der Waals surface area contributed by atoms with Gasteiger partial charge in [0.25, 0.3) is 0 Å². The van der Waals surface area contributed by atoms with E-state index in [-0.39, 0.29) is 12.4 Å². The second-order valence-electron chi connectivity index (χ2n) is 5.68. The number of ketones is 1. The minimum Gasteiger partial charge on any atom is -0.491 e. The van der Waals surface area contributed by atoms with Gasteiger partial charge in [0.05, 0.1) is 6.10 Å². The number of aromatic nitrogens is 3. The van der Waals surface area contributed by atoms with Crippen molar-refractivity contribution in [2.45, 2.75) is 18.2 Å². The number of aliphatic hydroxyl groups is 1. The summed E-state index contributed by atoms with van der Waals surface area (Å²) in [7, 11) is 0. The van der Waals surface area contributed by atoms with E-state index in [1.165, 1.54) is 18.7 Å². The maximum absolute atomic E-state index is 11.3. The van der Waals surface area contributed by atoms with Crippen LogP contribution in [-0.2, 0) is 0 Å². The van der Waals surface area contributed by atoms with Crippen LogP contribution in [0, 0.1) is 0 Å². The monoisotopic (exact) mass is 369 g/mol. The van der Waals surface area contributed by atoms with Crippen molar-refractivity contribution in [1.82, 2.24) is 14.8 Å². The molecule has 1 atom stereocenters. The lowest BCUT2D eigenvalue weighted by Gasteiger charge is -2.12. The molecule has 1 aromatic heterocycles. The molecule has 2 aromatic carbocycles. The van der Waals surface area contributed by atoms with Crippen molar-refractivity contribution in [1.29, 1.82) is 0 Å². The predicted octanol–water partition coefficient (Wildman–Crippen LogP) is 3.00. The smallest absolute Gasteiger partial charge is 0.195 e. The third kappa shape index (κ3) is 4.71. The third-order valence-corrected chi connectivity index (χ3v) is 4.75. The van der Waals surface area contributed by atoms with Crippen LogP contribution in [0.25, 0.3) is 5.69 Å². The number of rotatable bonds is 8. The van der Waals surface area contributed by atoms with Crippen molar-refractivity contribution in [3.63, 3.8) is 0 Å². The third-order valence-electron chi connectivity index (χ3n) is 3.66. The van der Waals surface area contributed by atoms with Gasteiger partial charge in [-0.25, -0.2) is 0 Å². The molecule has 0 aliphatic heterocycles. The number of benzene rings is 2. The van der Waals surface area contributed by atoms with Crippen LogP contribution in [-0.4, -0.2) is 44.1 Å². The first-order chi connectivity index (χ1) is 12.6. The number of ether oxygens (including phenoxy) is 1. The van der Waals surface area contributed by atoms with Gasteiger partial charge in [0.2, 0.25) is 0 Å². The van der Waals surface area contributed by atoms with Gasteiger partial charge in [0.1, 0.15) is 18.7 Å². The minimum absolute atomic E-state index is 0.00973. The number of carbonyl (C=O) groups is 1. The fourth-order valence-electron chi connectivity index (χ4n) is 2.29. The number of para-hydroxylation sites is 1. The molecule has 134 valence electrons. The lowest BCUT2D eigenvalue weighted by atomic mass is 10.1. The molecule has 7 heteroatoms. The van der Waals surface area contributed by atoms with Gasteiger partial charge in [0.15, 0.2) is 10.9 Å². The Labute approximate surface area is 155 Å². The summed E-state index contributed by atoms with van der Waals surface area (Å²) in [6, 6.07) is 16.7. The van der Waals surface area contributed by atoms with Crippen LogP contribution >= 0.6 is 11.8 Å². The molecular weight excluding hydrogens is 350 g/mol. The number of aliphatic hydroxyl groups excluding tert-OH is 1. The summed E-state index contributed by atoms with van der Waals surface area (Å²) in [6.07, 6.45) is 0.991. The maximum Gasteiger partial charge on any atom is 0.195 e. The van der Waals surface area contributed by atoms with Crippen LogP contribution in [0.15, 0.2) is 66.1 Å². The Morgan fingerprint density at radius 1 is 1.19 bits per heavy atom. The quantitative estimate of drug-likeness (QED) is 0.486. The Morgan fingerprint density at radius 2 is 1.92 bits per heavy atom. The molecule has 0 aliphatic carbocycles. The lowest BCUT2D eigenvalue weighted by molar-refractivity contribution is 0.101. The zero-order valence-corrected chi connectivity index (χ0v) is 15.1. The van der Waals surface area contributed by atoms with Gasteiger partial charge < -0.3 is 9.84 Å². The van der Waals surface area contributed by atoms with E-state index in [0.717, 1.165) is 5.69 Å². The highest BCUT2D eigenvalue weighted by Gasteiger charge is 2.11. The Morgan fingerprint density at radius 3 is 2.62 bits per heavy atom. The highest BCUT2D eigenvalue weighted by molar-refractivity contribution is 7.99.